The van der Waals surface area contributed by atoms with Crippen molar-refractivity contribution in [1.82, 2.24) is 9.80 Å². The summed E-state index contributed by atoms with van der Waals surface area (Å²) in [4.78, 5) is 47.6. The molecular formula is C30H41N3O5. The monoisotopic (exact) mass is 523 g/mol. The molecule has 0 aliphatic carbocycles. The summed E-state index contributed by atoms with van der Waals surface area (Å²) in [5, 5.41) is 10.1. The first-order valence-corrected chi connectivity index (χ1v) is 13.7. The zero-order chi connectivity index (χ0) is 27.7. The predicted molar refractivity (Wildman–Crippen MR) is 146 cm³/mol. The van der Waals surface area contributed by atoms with Crippen LogP contribution in [0.2, 0.25) is 0 Å². The Balaban J connectivity index is 1.79. The van der Waals surface area contributed by atoms with Crippen molar-refractivity contribution in [3.63, 3.8) is 0 Å². The summed E-state index contributed by atoms with van der Waals surface area (Å²) in [6.07, 6.45) is 6.15. The Morgan fingerprint density at radius 3 is 2.47 bits per heavy atom. The van der Waals surface area contributed by atoms with Crippen molar-refractivity contribution in [3.05, 3.63) is 55.6 Å². The van der Waals surface area contributed by atoms with Gasteiger partial charge in [0.15, 0.2) is 0 Å². The van der Waals surface area contributed by atoms with Crippen LogP contribution in [0.5, 0.6) is 0 Å². The normalized spacial score (nSPS) is 30.2. The summed E-state index contributed by atoms with van der Waals surface area (Å²) in [6, 6.07) is 7.82. The average Bonchev–Trinajstić information content (AvgIpc) is 3.49. The minimum atomic E-state index is -1.13. The van der Waals surface area contributed by atoms with Gasteiger partial charge in [-0.3, -0.25) is 14.4 Å². The van der Waals surface area contributed by atoms with Gasteiger partial charge < -0.3 is 24.5 Å². The van der Waals surface area contributed by atoms with Crippen molar-refractivity contribution in [2.75, 3.05) is 31.1 Å². The molecule has 206 valence electrons. The SMILES string of the molecule is C=CCN(CCCC)C(=O)C1N([C@H](C)CO)C(=O)[C@@H]2[C@@H](C(=O)N(CC=C)c3ccccc3)[C@@]3(C)CCC12O3. The van der Waals surface area contributed by atoms with Crippen molar-refractivity contribution in [3.8, 4) is 0 Å². The Kier molecular flexibility index (Phi) is 8.14. The molecule has 4 rings (SSSR count). The Morgan fingerprint density at radius 1 is 1.18 bits per heavy atom. The van der Waals surface area contributed by atoms with Gasteiger partial charge in [-0.15, -0.1) is 13.2 Å². The lowest BCUT2D eigenvalue weighted by molar-refractivity contribution is -0.154. The smallest absolute Gasteiger partial charge is 0.248 e. The van der Waals surface area contributed by atoms with Gasteiger partial charge in [-0.2, -0.15) is 0 Å². The molecule has 3 fully saturated rings. The van der Waals surface area contributed by atoms with Gasteiger partial charge in [0.1, 0.15) is 11.6 Å². The quantitative estimate of drug-likeness (QED) is 0.425. The Labute approximate surface area is 225 Å². The fraction of sp³-hybridized carbons (Fsp3) is 0.567. The third-order valence-electron chi connectivity index (χ3n) is 8.54. The number of fused-ring (bicyclic) bond motifs is 1. The number of hydrogen-bond donors (Lipinski definition) is 1. The van der Waals surface area contributed by atoms with Crippen LogP contribution < -0.4 is 4.90 Å². The third kappa shape index (κ3) is 4.37. The van der Waals surface area contributed by atoms with Gasteiger partial charge in [0.2, 0.25) is 17.7 Å². The molecular weight excluding hydrogens is 482 g/mol. The number of hydrogen-bond acceptors (Lipinski definition) is 5. The van der Waals surface area contributed by atoms with Gasteiger partial charge in [0.25, 0.3) is 0 Å². The molecule has 38 heavy (non-hydrogen) atoms. The molecule has 0 saturated carbocycles. The second-order valence-electron chi connectivity index (χ2n) is 11.0. The number of benzene rings is 1. The molecule has 0 radical (unpaired) electrons. The Bertz CT molecular complexity index is 1080. The highest BCUT2D eigenvalue weighted by Crippen LogP contribution is 2.64. The topological polar surface area (TPSA) is 90.4 Å². The van der Waals surface area contributed by atoms with E-state index in [0.717, 1.165) is 12.8 Å². The van der Waals surface area contributed by atoms with Crippen LogP contribution in [0.1, 0.15) is 46.5 Å². The maximum Gasteiger partial charge on any atom is 0.248 e. The van der Waals surface area contributed by atoms with Crippen LogP contribution in [-0.2, 0) is 19.1 Å². The summed E-state index contributed by atoms with van der Waals surface area (Å²) < 4.78 is 6.74. The highest BCUT2D eigenvalue weighted by Gasteiger charge is 2.78. The second-order valence-corrected chi connectivity index (χ2v) is 11.0. The fourth-order valence-electron chi connectivity index (χ4n) is 6.78. The lowest BCUT2D eigenvalue weighted by Gasteiger charge is -2.38. The number of amides is 3. The van der Waals surface area contributed by atoms with Crippen molar-refractivity contribution in [2.24, 2.45) is 11.8 Å². The summed E-state index contributed by atoms with van der Waals surface area (Å²) >= 11 is 0. The number of unbranched alkanes of at least 4 members (excludes halogenated alkanes) is 1. The molecule has 3 heterocycles. The van der Waals surface area contributed by atoms with E-state index in [2.05, 4.69) is 20.1 Å². The number of carbonyl (C=O) groups is 3. The zero-order valence-electron chi connectivity index (χ0n) is 22.8. The van der Waals surface area contributed by atoms with Crippen molar-refractivity contribution in [1.29, 1.82) is 0 Å². The first kappa shape index (κ1) is 28.0. The molecule has 8 heteroatoms. The lowest BCUT2D eigenvalue weighted by atomic mass is 9.66. The van der Waals surface area contributed by atoms with Gasteiger partial charge in [-0.1, -0.05) is 43.7 Å². The van der Waals surface area contributed by atoms with Crippen molar-refractivity contribution in [2.45, 2.75) is 69.7 Å². The van der Waals surface area contributed by atoms with Gasteiger partial charge in [0, 0.05) is 25.3 Å². The number of rotatable bonds is 12. The fourth-order valence-corrected chi connectivity index (χ4v) is 6.78. The van der Waals surface area contributed by atoms with Crippen LogP contribution in [0.3, 0.4) is 0 Å². The van der Waals surface area contributed by atoms with Crippen LogP contribution in [0.15, 0.2) is 55.6 Å². The average molecular weight is 524 g/mol. The highest BCUT2D eigenvalue weighted by atomic mass is 16.5. The first-order chi connectivity index (χ1) is 18.2. The molecule has 3 amide bonds. The summed E-state index contributed by atoms with van der Waals surface area (Å²) in [7, 11) is 0. The number of carbonyl (C=O) groups excluding carboxylic acids is 3. The van der Waals surface area contributed by atoms with Crippen LogP contribution in [0.25, 0.3) is 0 Å². The molecule has 8 nitrogen and oxygen atoms in total. The number of aliphatic hydroxyl groups is 1. The number of ether oxygens (including phenoxy) is 1. The van der Waals surface area contributed by atoms with E-state index < -0.39 is 35.1 Å². The van der Waals surface area contributed by atoms with E-state index >= 15 is 0 Å². The Morgan fingerprint density at radius 2 is 1.87 bits per heavy atom. The summed E-state index contributed by atoms with van der Waals surface area (Å²) in [5.41, 5.74) is -1.30. The number of anilines is 1. The molecule has 0 aromatic heterocycles. The van der Waals surface area contributed by atoms with Crippen LogP contribution in [-0.4, -0.2) is 82.2 Å². The number of nitrogens with zero attached hydrogens (tertiary/aromatic N) is 3. The molecule has 1 spiro atoms. The van der Waals surface area contributed by atoms with Crippen molar-refractivity contribution >= 4 is 23.4 Å². The van der Waals surface area contributed by atoms with E-state index in [1.807, 2.05) is 37.3 Å². The highest BCUT2D eigenvalue weighted by molar-refractivity contribution is 6.03. The zero-order valence-corrected chi connectivity index (χ0v) is 22.8. The molecule has 3 saturated heterocycles. The van der Waals surface area contributed by atoms with E-state index in [0.29, 0.717) is 31.6 Å². The summed E-state index contributed by atoms with van der Waals surface area (Å²) in [6.45, 7) is 14.2. The van der Waals surface area contributed by atoms with Crippen molar-refractivity contribution < 1.29 is 24.2 Å². The van der Waals surface area contributed by atoms with Crippen LogP contribution in [0, 0.1) is 11.8 Å². The van der Waals surface area contributed by atoms with Gasteiger partial charge in [-0.05, 0) is 45.2 Å². The maximum absolute atomic E-state index is 14.3. The minimum absolute atomic E-state index is 0.210. The maximum atomic E-state index is 14.3. The molecule has 3 aliphatic heterocycles. The largest absolute Gasteiger partial charge is 0.394 e. The van der Waals surface area contributed by atoms with Crippen LogP contribution in [0.4, 0.5) is 5.69 Å². The Hall–Kier alpha value is -2.97. The number of para-hydroxylation sites is 1. The van der Waals surface area contributed by atoms with E-state index in [1.165, 1.54) is 4.90 Å². The van der Waals surface area contributed by atoms with E-state index in [1.54, 1.807) is 28.9 Å². The van der Waals surface area contributed by atoms with E-state index in [4.69, 9.17) is 4.74 Å². The van der Waals surface area contributed by atoms with Gasteiger partial charge in [-0.25, -0.2) is 0 Å². The molecule has 3 aliphatic rings. The third-order valence-corrected chi connectivity index (χ3v) is 8.54. The molecule has 1 aromatic rings. The van der Waals surface area contributed by atoms with Crippen LogP contribution >= 0.6 is 0 Å². The minimum Gasteiger partial charge on any atom is -0.394 e. The molecule has 6 atom stereocenters. The number of likely N-dealkylation sites (tertiary alicyclic amines) is 1. The predicted octanol–water partition coefficient (Wildman–Crippen LogP) is 3.17. The van der Waals surface area contributed by atoms with E-state index in [-0.39, 0.29) is 30.9 Å². The second kappa shape index (κ2) is 11.0. The lowest BCUT2D eigenvalue weighted by Crippen LogP contribution is -2.58. The molecule has 2 bridgehead atoms. The van der Waals surface area contributed by atoms with Gasteiger partial charge >= 0.3 is 0 Å². The standard InChI is InChI=1S/C30H41N3O5/c1-6-9-19-31(17-7-2)28(37)25-30-16-15-29(5,38-30)23(24(30)27(36)33(25)21(4)20-34)26(35)32(18-8-3)22-13-11-10-12-14-22/h7-8,10-14,21,23-25,34H,2-3,6,9,15-20H2,1,4-5H3/t21-,23+,24+,25?,29-,30?/m1/s1. The summed E-state index contributed by atoms with van der Waals surface area (Å²) in [5.74, 6) is -2.30. The van der Waals surface area contributed by atoms with E-state index in [9.17, 15) is 19.5 Å². The molecule has 1 N–H and O–H groups in total. The molecule has 2 unspecified atom stereocenters. The first-order valence-electron chi connectivity index (χ1n) is 13.7. The number of aliphatic hydroxyl groups excluding tert-OH is 1. The molecule has 1 aromatic carbocycles. The van der Waals surface area contributed by atoms with Gasteiger partial charge in [0.05, 0.1) is 30.1 Å².